The summed E-state index contributed by atoms with van der Waals surface area (Å²) >= 11 is 0. The van der Waals surface area contributed by atoms with E-state index in [4.69, 9.17) is 11.5 Å². The molecule has 5 nitrogen and oxygen atoms in total. The predicted octanol–water partition coefficient (Wildman–Crippen LogP) is 4.13. The Kier molecular flexibility index (Phi) is 11.1. The highest BCUT2D eigenvalue weighted by molar-refractivity contribution is 6.04. The van der Waals surface area contributed by atoms with E-state index in [0.29, 0.717) is 22.6 Å². The highest BCUT2D eigenvalue weighted by Gasteiger charge is 2.08. The van der Waals surface area contributed by atoms with Crippen LogP contribution < -0.4 is 16.8 Å². The largest absolute Gasteiger partial charge is 0.402 e. The SMILES string of the molecule is C#C.C/C=C(\C)C(=O)Nc1cccc(N)c1/C=C(/C)N.Cc1ccccn1. The number of nitrogens with zero attached hydrogens (tertiary/aromatic N) is 1. The molecular formula is C22H28N4O. The number of terminal acetylenes is 1. The van der Waals surface area contributed by atoms with Gasteiger partial charge in [0.2, 0.25) is 0 Å². The van der Waals surface area contributed by atoms with Crippen LogP contribution in [0.1, 0.15) is 32.0 Å². The molecule has 5 N–H and O–H groups in total. The van der Waals surface area contributed by atoms with E-state index >= 15 is 0 Å². The fourth-order valence-corrected chi connectivity index (χ4v) is 1.88. The summed E-state index contributed by atoms with van der Waals surface area (Å²) in [6, 6.07) is 11.2. The third-order valence-corrected chi connectivity index (χ3v) is 3.36. The summed E-state index contributed by atoms with van der Waals surface area (Å²) in [4.78, 5) is 15.8. The second-order valence-electron chi connectivity index (χ2n) is 5.59. The summed E-state index contributed by atoms with van der Waals surface area (Å²) in [7, 11) is 0. The van der Waals surface area contributed by atoms with Crippen molar-refractivity contribution >= 4 is 23.4 Å². The number of nitrogens with one attached hydrogen (secondary N) is 1. The van der Waals surface area contributed by atoms with E-state index in [9.17, 15) is 4.79 Å². The third-order valence-electron chi connectivity index (χ3n) is 3.36. The van der Waals surface area contributed by atoms with Gasteiger partial charge >= 0.3 is 0 Å². The number of amides is 1. The maximum absolute atomic E-state index is 11.8. The van der Waals surface area contributed by atoms with Gasteiger partial charge in [-0.3, -0.25) is 9.78 Å². The van der Waals surface area contributed by atoms with Crippen LogP contribution in [0.3, 0.4) is 0 Å². The van der Waals surface area contributed by atoms with Crippen LogP contribution >= 0.6 is 0 Å². The Balaban J connectivity index is 0.000000621. The maximum atomic E-state index is 11.8. The number of pyridine rings is 1. The average molecular weight is 364 g/mol. The number of aryl methyl sites for hydroxylation is 1. The van der Waals surface area contributed by atoms with Gasteiger partial charge in [-0.2, -0.15) is 0 Å². The van der Waals surface area contributed by atoms with Crippen molar-refractivity contribution in [1.29, 1.82) is 0 Å². The number of allylic oxidation sites excluding steroid dienone is 2. The van der Waals surface area contributed by atoms with Gasteiger partial charge < -0.3 is 16.8 Å². The lowest BCUT2D eigenvalue weighted by Crippen LogP contribution is -2.14. The van der Waals surface area contributed by atoms with Crippen molar-refractivity contribution in [3.63, 3.8) is 0 Å². The van der Waals surface area contributed by atoms with E-state index in [-0.39, 0.29) is 5.91 Å². The molecule has 142 valence electrons. The lowest BCUT2D eigenvalue weighted by molar-refractivity contribution is -0.112. The Morgan fingerprint density at radius 3 is 2.26 bits per heavy atom. The molecule has 0 fully saturated rings. The van der Waals surface area contributed by atoms with Crippen LogP contribution in [0.4, 0.5) is 11.4 Å². The molecular weight excluding hydrogens is 336 g/mol. The fourth-order valence-electron chi connectivity index (χ4n) is 1.88. The van der Waals surface area contributed by atoms with Crippen LogP contribution in [0.15, 0.2) is 59.9 Å². The second kappa shape index (κ2) is 12.8. The summed E-state index contributed by atoms with van der Waals surface area (Å²) in [5.41, 5.74) is 15.9. The predicted molar refractivity (Wildman–Crippen MR) is 116 cm³/mol. The van der Waals surface area contributed by atoms with E-state index in [1.165, 1.54) is 0 Å². The average Bonchev–Trinajstić information content (AvgIpc) is 2.66. The molecule has 0 unspecified atom stereocenters. The van der Waals surface area contributed by atoms with Crippen molar-refractivity contribution < 1.29 is 4.79 Å². The van der Waals surface area contributed by atoms with Gasteiger partial charge in [-0.1, -0.05) is 18.2 Å². The molecule has 0 aliphatic carbocycles. The van der Waals surface area contributed by atoms with Crippen LogP contribution in [0, 0.1) is 19.8 Å². The summed E-state index contributed by atoms with van der Waals surface area (Å²) in [5, 5.41) is 2.82. The molecule has 0 spiro atoms. The Labute approximate surface area is 162 Å². The van der Waals surface area contributed by atoms with Crippen LogP contribution in [0.2, 0.25) is 0 Å². The molecule has 0 aliphatic rings. The molecule has 1 aromatic heterocycles. The van der Waals surface area contributed by atoms with E-state index in [2.05, 4.69) is 23.1 Å². The molecule has 0 radical (unpaired) electrons. The number of nitrogen functional groups attached to an aromatic ring is 1. The Morgan fingerprint density at radius 1 is 1.15 bits per heavy atom. The minimum atomic E-state index is -0.146. The van der Waals surface area contributed by atoms with Gasteiger partial charge in [0.05, 0.1) is 5.69 Å². The van der Waals surface area contributed by atoms with E-state index in [1.54, 1.807) is 50.4 Å². The zero-order valence-corrected chi connectivity index (χ0v) is 16.4. The molecule has 1 aromatic carbocycles. The van der Waals surface area contributed by atoms with Crippen LogP contribution in [-0.2, 0) is 4.79 Å². The minimum Gasteiger partial charge on any atom is -0.402 e. The molecule has 1 amide bonds. The third kappa shape index (κ3) is 8.94. The van der Waals surface area contributed by atoms with Gasteiger partial charge in [-0.25, -0.2) is 0 Å². The highest BCUT2D eigenvalue weighted by atomic mass is 16.1. The number of aromatic nitrogens is 1. The first-order chi connectivity index (χ1) is 12.8. The van der Waals surface area contributed by atoms with Crippen molar-refractivity contribution in [3.8, 4) is 12.8 Å². The molecule has 1 heterocycles. The molecule has 0 atom stereocenters. The number of hydrogen-bond donors (Lipinski definition) is 3. The molecule has 0 aliphatic heterocycles. The van der Waals surface area contributed by atoms with Gasteiger partial charge in [0, 0.05) is 34.4 Å². The molecule has 2 rings (SSSR count). The number of hydrogen-bond acceptors (Lipinski definition) is 4. The quantitative estimate of drug-likeness (QED) is 0.433. The zero-order valence-electron chi connectivity index (χ0n) is 16.4. The lowest BCUT2D eigenvalue weighted by atomic mass is 10.1. The van der Waals surface area contributed by atoms with Crippen molar-refractivity contribution in [1.82, 2.24) is 4.98 Å². The zero-order chi connectivity index (χ0) is 20.8. The van der Waals surface area contributed by atoms with Gasteiger partial charge in [0.15, 0.2) is 0 Å². The fraction of sp³-hybridized carbons (Fsp3) is 0.182. The van der Waals surface area contributed by atoms with Crippen molar-refractivity contribution in [3.05, 3.63) is 71.2 Å². The molecule has 5 heteroatoms. The molecule has 2 aromatic rings. The Morgan fingerprint density at radius 2 is 1.81 bits per heavy atom. The maximum Gasteiger partial charge on any atom is 0.250 e. The normalized spacial score (nSPS) is 10.6. The summed E-state index contributed by atoms with van der Waals surface area (Å²) in [5.74, 6) is -0.146. The van der Waals surface area contributed by atoms with Gasteiger partial charge in [0.25, 0.3) is 5.91 Å². The molecule has 0 saturated heterocycles. The van der Waals surface area contributed by atoms with Crippen molar-refractivity contribution in [2.45, 2.75) is 27.7 Å². The monoisotopic (exact) mass is 364 g/mol. The number of nitrogens with two attached hydrogens (primary N) is 2. The second-order valence-corrected chi connectivity index (χ2v) is 5.59. The standard InChI is InChI=1S/C14H19N3O.C6H7N.C2H2/c1-4-9(2)14(18)17-13-7-5-6-12(16)11(13)8-10(3)15;1-6-4-2-3-5-7-6;1-2/h4-8H,15-16H2,1-3H3,(H,17,18);2-5H,1H3;1-2H/b9-4+,10-8-;;. The molecule has 27 heavy (non-hydrogen) atoms. The number of carbonyl (C=O) groups excluding carboxylic acids is 1. The van der Waals surface area contributed by atoms with E-state index < -0.39 is 0 Å². The van der Waals surface area contributed by atoms with Crippen LogP contribution in [-0.4, -0.2) is 10.9 Å². The lowest BCUT2D eigenvalue weighted by Gasteiger charge is -2.11. The summed E-state index contributed by atoms with van der Waals surface area (Å²) < 4.78 is 0. The minimum absolute atomic E-state index is 0.146. The number of carbonyl (C=O) groups is 1. The molecule has 0 bridgehead atoms. The van der Waals surface area contributed by atoms with Crippen molar-refractivity contribution in [2.24, 2.45) is 5.73 Å². The first-order valence-electron chi connectivity index (χ1n) is 8.32. The summed E-state index contributed by atoms with van der Waals surface area (Å²) in [6.45, 7) is 7.32. The van der Waals surface area contributed by atoms with Gasteiger partial charge in [-0.15, -0.1) is 12.8 Å². The highest BCUT2D eigenvalue weighted by Crippen LogP contribution is 2.24. The van der Waals surface area contributed by atoms with E-state index in [1.807, 2.05) is 32.0 Å². The Hall–Kier alpha value is -3.52. The van der Waals surface area contributed by atoms with Gasteiger partial charge in [-0.05, 0) is 58.0 Å². The van der Waals surface area contributed by atoms with Crippen LogP contribution in [0.25, 0.3) is 6.08 Å². The topological polar surface area (TPSA) is 94.0 Å². The number of anilines is 2. The number of benzene rings is 1. The first kappa shape index (κ1) is 23.5. The Bertz CT molecular complexity index is 802. The van der Waals surface area contributed by atoms with Crippen LogP contribution in [0.5, 0.6) is 0 Å². The van der Waals surface area contributed by atoms with E-state index in [0.717, 1.165) is 11.3 Å². The smallest absolute Gasteiger partial charge is 0.250 e. The summed E-state index contributed by atoms with van der Waals surface area (Å²) in [6.07, 6.45) is 13.3. The first-order valence-corrected chi connectivity index (χ1v) is 8.32. The molecule has 0 saturated carbocycles. The number of rotatable bonds is 3. The van der Waals surface area contributed by atoms with Crippen molar-refractivity contribution in [2.75, 3.05) is 11.1 Å². The van der Waals surface area contributed by atoms with Gasteiger partial charge in [0.1, 0.15) is 0 Å².